The molecule has 2 unspecified atom stereocenters. The summed E-state index contributed by atoms with van der Waals surface area (Å²) in [5, 5.41) is 3.32. The van der Waals surface area contributed by atoms with Crippen LogP contribution >= 0.6 is 0 Å². The first-order chi connectivity index (χ1) is 10.1. The van der Waals surface area contributed by atoms with Gasteiger partial charge in [-0.1, -0.05) is 27.2 Å². The largest absolute Gasteiger partial charge is 0.465 e. The van der Waals surface area contributed by atoms with Gasteiger partial charge in [-0.05, 0) is 52.6 Å². The summed E-state index contributed by atoms with van der Waals surface area (Å²) >= 11 is 0. The monoisotopic (exact) mass is 300 g/mol. The Hall–Kier alpha value is -0.610. The Labute approximate surface area is 131 Å². The van der Waals surface area contributed by atoms with E-state index in [1.807, 2.05) is 6.92 Å². The van der Waals surface area contributed by atoms with E-state index in [2.05, 4.69) is 37.9 Å². The Morgan fingerprint density at radius 2 is 1.86 bits per heavy atom. The second kappa shape index (κ2) is 13.1. The lowest BCUT2D eigenvalue weighted by Crippen LogP contribution is -2.43. The summed E-state index contributed by atoms with van der Waals surface area (Å²) < 4.78 is 5.18. The molecule has 0 spiro atoms. The summed E-state index contributed by atoms with van der Waals surface area (Å²) in [5.74, 6) is -0.106. The van der Waals surface area contributed by atoms with E-state index >= 15 is 0 Å². The molecule has 0 saturated carbocycles. The van der Waals surface area contributed by atoms with Crippen LogP contribution in [0.1, 0.15) is 66.7 Å². The van der Waals surface area contributed by atoms with Gasteiger partial charge in [0.2, 0.25) is 0 Å². The minimum absolute atomic E-state index is 0.106. The van der Waals surface area contributed by atoms with Gasteiger partial charge in [0.05, 0.1) is 6.61 Å². The Morgan fingerprint density at radius 1 is 1.14 bits per heavy atom. The lowest BCUT2D eigenvalue weighted by atomic mass is 10.1. The van der Waals surface area contributed by atoms with Crippen LogP contribution in [0.3, 0.4) is 0 Å². The zero-order chi connectivity index (χ0) is 16.1. The molecule has 0 amide bonds. The van der Waals surface area contributed by atoms with Crippen molar-refractivity contribution >= 4 is 5.97 Å². The van der Waals surface area contributed by atoms with Gasteiger partial charge in [-0.3, -0.25) is 4.79 Å². The number of nitrogens with one attached hydrogen (secondary N) is 1. The molecule has 0 aromatic rings. The Kier molecular flexibility index (Phi) is 12.7. The maximum absolute atomic E-state index is 12.0. The van der Waals surface area contributed by atoms with Gasteiger partial charge in [0.25, 0.3) is 0 Å². The molecule has 1 N–H and O–H groups in total. The average Bonchev–Trinajstić information content (AvgIpc) is 2.49. The number of rotatable bonds is 13. The molecule has 21 heavy (non-hydrogen) atoms. The number of esters is 1. The fourth-order valence-electron chi connectivity index (χ4n) is 2.33. The minimum atomic E-state index is -0.168. The van der Waals surface area contributed by atoms with Gasteiger partial charge in [-0.25, -0.2) is 0 Å². The highest BCUT2D eigenvalue weighted by molar-refractivity contribution is 5.75. The summed E-state index contributed by atoms with van der Waals surface area (Å²) in [5.41, 5.74) is 0. The number of unbranched alkanes of at least 4 members (excludes halogenated alkanes) is 1. The van der Waals surface area contributed by atoms with Gasteiger partial charge >= 0.3 is 5.97 Å². The van der Waals surface area contributed by atoms with E-state index in [9.17, 15) is 4.79 Å². The second-order valence-corrected chi connectivity index (χ2v) is 5.69. The fraction of sp³-hybridized carbons (Fsp3) is 0.941. The van der Waals surface area contributed by atoms with Crippen molar-refractivity contribution < 1.29 is 9.53 Å². The van der Waals surface area contributed by atoms with Crippen molar-refractivity contribution in [1.29, 1.82) is 0 Å². The molecular weight excluding hydrogens is 264 g/mol. The maximum Gasteiger partial charge on any atom is 0.323 e. The van der Waals surface area contributed by atoms with E-state index in [1.54, 1.807) is 0 Å². The molecule has 0 aromatic heterocycles. The summed E-state index contributed by atoms with van der Waals surface area (Å²) in [4.78, 5) is 14.5. The minimum Gasteiger partial charge on any atom is -0.465 e. The molecule has 0 aliphatic heterocycles. The van der Waals surface area contributed by atoms with Gasteiger partial charge in [0.1, 0.15) is 6.04 Å². The lowest BCUT2D eigenvalue weighted by molar-refractivity contribution is -0.146. The standard InChI is InChI=1S/C17H36N2O2/c1-6-10-13-19(15(5)8-3)14-11-16(18-12-7-2)17(20)21-9-4/h15-16,18H,6-14H2,1-5H3. The summed E-state index contributed by atoms with van der Waals surface area (Å²) in [6.45, 7) is 14.1. The molecule has 0 aliphatic rings. The molecule has 4 heteroatoms. The molecule has 0 aromatic carbocycles. The molecular formula is C17H36N2O2. The van der Waals surface area contributed by atoms with Crippen molar-refractivity contribution in [2.45, 2.75) is 78.8 Å². The van der Waals surface area contributed by atoms with E-state index in [-0.39, 0.29) is 12.0 Å². The summed E-state index contributed by atoms with van der Waals surface area (Å²) in [6, 6.07) is 0.406. The number of hydrogen-bond acceptors (Lipinski definition) is 4. The Bertz CT molecular complexity index is 259. The molecule has 2 atom stereocenters. The van der Waals surface area contributed by atoms with E-state index in [0.29, 0.717) is 12.6 Å². The predicted octanol–water partition coefficient (Wildman–Crippen LogP) is 3.21. The number of carbonyl (C=O) groups excluding carboxylic acids is 1. The van der Waals surface area contributed by atoms with Crippen molar-refractivity contribution in [1.82, 2.24) is 10.2 Å². The molecule has 0 heterocycles. The maximum atomic E-state index is 12.0. The van der Waals surface area contributed by atoms with E-state index in [1.165, 1.54) is 12.8 Å². The third-order valence-corrected chi connectivity index (χ3v) is 3.93. The average molecular weight is 300 g/mol. The normalized spacial score (nSPS) is 14.2. The molecule has 0 radical (unpaired) electrons. The highest BCUT2D eigenvalue weighted by Crippen LogP contribution is 2.08. The molecule has 0 saturated heterocycles. The van der Waals surface area contributed by atoms with Crippen LogP contribution in [0.5, 0.6) is 0 Å². The SMILES string of the molecule is CCCCN(CCC(NCCC)C(=O)OCC)C(C)CC. The highest BCUT2D eigenvalue weighted by atomic mass is 16.5. The summed E-state index contributed by atoms with van der Waals surface area (Å²) in [6.07, 6.45) is 5.43. The van der Waals surface area contributed by atoms with Crippen molar-refractivity contribution in [2.24, 2.45) is 0 Å². The van der Waals surface area contributed by atoms with Crippen molar-refractivity contribution in [3.8, 4) is 0 Å². The second-order valence-electron chi connectivity index (χ2n) is 5.69. The van der Waals surface area contributed by atoms with Crippen LogP contribution in [0.4, 0.5) is 0 Å². The Balaban J connectivity index is 4.46. The van der Waals surface area contributed by atoms with Crippen LogP contribution in [-0.2, 0) is 9.53 Å². The van der Waals surface area contributed by atoms with Crippen LogP contribution in [0.25, 0.3) is 0 Å². The number of nitrogens with zero attached hydrogens (tertiary/aromatic N) is 1. The van der Waals surface area contributed by atoms with Gasteiger partial charge in [0, 0.05) is 12.6 Å². The van der Waals surface area contributed by atoms with Crippen LogP contribution in [0.2, 0.25) is 0 Å². The molecule has 0 bridgehead atoms. The molecule has 0 rings (SSSR count). The van der Waals surface area contributed by atoms with Crippen LogP contribution in [-0.4, -0.2) is 49.2 Å². The highest BCUT2D eigenvalue weighted by Gasteiger charge is 2.21. The van der Waals surface area contributed by atoms with Crippen molar-refractivity contribution in [3.05, 3.63) is 0 Å². The van der Waals surface area contributed by atoms with Gasteiger partial charge in [-0.2, -0.15) is 0 Å². The third-order valence-electron chi connectivity index (χ3n) is 3.93. The quantitative estimate of drug-likeness (QED) is 0.530. The smallest absolute Gasteiger partial charge is 0.323 e. The van der Waals surface area contributed by atoms with E-state index in [0.717, 1.165) is 38.9 Å². The molecule has 0 aliphatic carbocycles. The molecule has 4 nitrogen and oxygen atoms in total. The first-order valence-corrected chi connectivity index (χ1v) is 8.74. The summed E-state index contributed by atoms with van der Waals surface area (Å²) in [7, 11) is 0. The van der Waals surface area contributed by atoms with Crippen LogP contribution < -0.4 is 5.32 Å². The van der Waals surface area contributed by atoms with Crippen LogP contribution in [0.15, 0.2) is 0 Å². The van der Waals surface area contributed by atoms with Crippen molar-refractivity contribution in [2.75, 3.05) is 26.2 Å². The number of carbonyl (C=O) groups is 1. The van der Waals surface area contributed by atoms with E-state index < -0.39 is 0 Å². The fourth-order valence-corrected chi connectivity index (χ4v) is 2.33. The zero-order valence-electron chi connectivity index (χ0n) is 14.8. The Morgan fingerprint density at radius 3 is 2.38 bits per heavy atom. The topological polar surface area (TPSA) is 41.6 Å². The lowest BCUT2D eigenvalue weighted by Gasteiger charge is -2.29. The van der Waals surface area contributed by atoms with Crippen LogP contribution in [0, 0.1) is 0 Å². The first kappa shape index (κ1) is 20.4. The van der Waals surface area contributed by atoms with E-state index in [4.69, 9.17) is 4.74 Å². The molecule has 0 fully saturated rings. The number of hydrogen-bond donors (Lipinski definition) is 1. The molecule has 126 valence electrons. The van der Waals surface area contributed by atoms with Gasteiger partial charge < -0.3 is 15.0 Å². The zero-order valence-corrected chi connectivity index (χ0v) is 14.8. The van der Waals surface area contributed by atoms with Gasteiger partial charge in [0.15, 0.2) is 0 Å². The van der Waals surface area contributed by atoms with Crippen molar-refractivity contribution in [3.63, 3.8) is 0 Å². The first-order valence-electron chi connectivity index (χ1n) is 8.74. The van der Waals surface area contributed by atoms with Gasteiger partial charge in [-0.15, -0.1) is 0 Å². The third kappa shape index (κ3) is 9.10. The predicted molar refractivity (Wildman–Crippen MR) is 89.6 cm³/mol. The number of ether oxygens (including phenoxy) is 1.